The Labute approximate surface area is 302 Å². The van der Waals surface area contributed by atoms with E-state index in [9.17, 15) is 28.8 Å². The fraction of sp³-hybridized carbons (Fsp3) is 0.415. The lowest BCUT2D eigenvalue weighted by molar-refractivity contribution is -0.123. The molecule has 5 atom stereocenters. The number of piperidine rings is 1. The van der Waals surface area contributed by atoms with Crippen LogP contribution in [0.3, 0.4) is 0 Å². The molecule has 270 valence electrons. The lowest BCUT2D eigenvalue weighted by Crippen LogP contribution is -2.55. The van der Waals surface area contributed by atoms with E-state index >= 15 is 0 Å². The van der Waals surface area contributed by atoms with Crippen molar-refractivity contribution in [2.24, 2.45) is 23.2 Å². The Morgan fingerprint density at radius 1 is 0.750 bits per heavy atom. The van der Waals surface area contributed by atoms with Crippen molar-refractivity contribution in [3.05, 3.63) is 95.6 Å². The molecule has 3 aliphatic heterocycles. The number of hydrogen-bond donors (Lipinski definition) is 0. The molecule has 0 aromatic heterocycles. The highest BCUT2D eigenvalue weighted by atomic mass is 16.6. The molecule has 7 rings (SSSR count). The van der Waals surface area contributed by atoms with E-state index in [1.165, 1.54) is 5.56 Å². The maximum atomic E-state index is 14.0. The number of likely N-dealkylation sites (tertiary alicyclic amines) is 1. The van der Waals surface area contributed by atoms with Crippen LogP contribution in [0.15, 0.2) is 78.9 Å². The Morgan fingerprint density at radius 2 is 1.31 bits per heavy atom. The molecule has 1 saturated carbocycles. The summed E-state index contributed by atoms with van der Waals surface area (Å²) in [5, 5.41) is 0. The number of para-hydroxylation sites is 2. The van der Waals surface area contributed by atoms with Gasteiger partial charge >= 0.3 is 11.9 Å². The van der Waals surface area contributed by atoms with Crippen LogP contribution in [-0.2, 0) is 35.1 Å². The number of benzene rings is 3. The van der Waals surface area contributed by atoms with Gasteiger partial charge in [0.05, 0.1) is 27.9 Å². The highest BCUT2D eigenvalue weighted by molar-refractivity contribution is 6.23. The van der Waals surface area contributed by atoms with Crippen LogP contribution >= 0.6 is 0 Å². The minimum atomic E-state index is -0.744. The van der Waals surface area contributed by atoms with Gasteiger partial charge in [-0.15, -0.1) is 0 Å². The summed E-state index contributed by atoms with van der Waals surface area (Å²) in [4.78, 5) is 83.8. The first-order valence-electron chi connectivity index (χ1n) is 18.1. The van der Waals surface area contributed by atoms with Gasteiger partial charge in [0.2, 0.25) is 23.6 Å². The molecule has 11 heteroatoms. The van der Waals surface area contributed by atoms with Gasteiger partial charge in [0.25, 0.3) is 0 Å². The summed E-state index contributed by atoms with van der Waals surface area (Å²) in [7, 11) is 0. The summed E-state index contributed by atoms with van der Waals surface area (Å²) < 4.78 is 12.4. The van der Waals surface area contributed by atoms with Gasteiger partial charge in [-0.25, -0.2) is 19.4 Å². The number of esters is 2. The summed E-state index contributed by atoms with van der Waals surface area (Å²) in [6, 6.07) is 23.2. The lowest BCUT2D eigenvalue weighted by atomic mass is 9.79. The molecule has 0 radical (unpaired) electrons. The van der Waals surface area contributed by atoms with Gasteiger partial charge in [-0.3, -0.25) is 19.2 Å². The number of hydrogen-bond acceptors (Lipinski definition) is 9. The Kier molecular flexibility index (Phi) is 9.80. The quantitative estimate of drug-likeness (QED) is 0.195. The van der Waals surface area contributed by atoms with Gasteiger partial charge in [-0.05, 0) is 62.1 Å². The molecule has 11 nitrogen and oxygen atoms in total. The van der Waals surface area contributed by atoms with Crippen molar-refractivity contribution in [3.8, 4) is 0 Å². The number of amides is 4. The number of ether oxygens (including phenoxy) is 2. The second-order valence-corrected chi connectivity index (χ2v) is 14.8. The Balaban J connectivity index is 1.13. The second kappa shape index (κ2) is 14.5. The average Bonchev–Trinajstić information content (AvgIpc) is 3.63. The zero-order chi connectivity index (χ0) is 36.6. The van der Waals surface area contributed by atoms with Crippen LogP contribution in [0, 0.1) is 23.2 Å². The third-order valence-electron chi connectivity index (χ3n) is 11.1. The molecule has 3 aromatic rings. The first-order valence-corrected chi connectivity index (χ1v) is 18.1. The monoisotopic (exact) mass is 705 g/mol. The van der Waals surface area contributed by atoms with E-state index in [2.05, 4.69) is 17.0 Å². The molecule has 3 heterocycles. The van der Waals surface area contributed by atoms with E-state index in [1.54, 1.807) is 62.4 Å². The van der Waals surface area contributed by atoms with Crippen LogP contribution in [0.25, 0.3) is 0 Å². The Morgan fingerprint density at radius 3 is 1.88 bits per heavy atom. The molecule has 2 bridgehead atoms. The topological polar surface area (TPSA) is 131 Å². The minimum Gasteiger partial charge on any atom is -0.461 e. The van der Waals surface area contributed by atoms with E-state index in [0.717, 1.165) is 35.6 Å². The molecule has 3 saturated heterocycles. The van der Waals surface area contributed by atoms with E-state index < -0.39 is 35.3 Å². The van der Waals surface area contributed by atoms with Gasteiger partial charge in [0.1, 0.15) is 12.7 Å². The van der Waals surface area contributed by atoms with Crippen LogP contribution in [0.2, 0.25) is 0 Å². The summed E-state index contributed by atoms with van der Waals surface area (Å²) in [5.41, 5.74) is 1.14. The fourth-order valence-corrected chi connectivity index (χ4v) is 8.43. The third-order valence-corrected chi connectivity index (χ3v) is 11.1. The van der Waals surface area contributed by atoms with Crippen molar-refractivity contribution in [1.82, 2.24) is 4.90 Å². The van der Waals surface area contributed by atoms with Crippen molar-refractivity contribution >= 4 is 46.9 Å². The molecule has 0 N–H and O–H groups in total. The van der Waals surface area contributed by atoms with E-state index in [4.69, 9.17) is 9.47 Å². The van der Waals surface area contributed by atoms with Crippen LogP contribution in [-0.4, -0.2) is 72.8 Å². The number of imide groups is 2. The predicted molar refractivity (Wildman–Crippen MR) is 191 cm³/mol. The molecule has 5 unspecified atom stereocenters. The molecular weight excluding hydrogens is 662 g/mol. The highest BCUT2D eigenvalue weighted by Gasteiger charge is 2.56. The number of carbonyl (C=O) groups is 6. The fourth-order valence-electron chi connectivity index (χ4n) is 8.43. The van der Waals surface area contributed by atoms with Crippen LogP contribution < -0.4 is 9.80 Å². The van der Waals surface area contributed by atoms with E-state index in [1.807, 2.05) is 18.2 Å². The number of anilines is 2. The van der Waals surface area contributed by atoms with Gasteiger partial charge in [-0.1, -0.05) is 68.4 Å². The normalized spacial score (nSPS) is 26.0. The summed E-state index contributed by atoms with van der Waals surface area (Å²) in [6.45, 7) is 5.36. The molecule has 0 spiro atoms. The third kappa shape index (κ3) is 6.65. The second-order valence-electron chi connectivity index (χ2n) is 14.8. The zero-order valence-electron chi connectivity index (χ0n) is 29.5. The number of nitrogens with zero attached hydrogens (tertiary/aromatic N) is 3. The smallest absolute Gasteiger partial charge is 0.340 e. The van der Waals surface area contributed by atoms with Crippen LogP contribution in [0.4, 0.5) is 11.4 Å². The number of carbonyl (C=O) groups excluding carboxylic acids is 6. The molecule has 4 amide bonds. The van der Waals surface area contributed by atoms with Gasteiger partial charge in [0, 0.05) is 43.7 Å². The Bertz CT molecular complexity index is 1910. The minimum absolute atomic E-state index is 0.0380. The van der Waals surface area contributed by atoms with E-state index in [0.29, 0.717) is 19.5 Å². The average molecular weight is 706 g/mol. The van der Waals surface area contributed by atoms with Crippen molar-refractivity contribution in [2.75, 3.05) is 36.0 Å². The van der Waals surface area contributed by atoms with Crippen molar-refractivity contribution in [2.45, 2.75) is 58.5 Å². The largest absolute Gasteiger partial charge is 0.461 e. The van der Waals surface area contributed by atoms with Gasteiger partial charge < -0.3 is 14.4 Å². The lowest BCUT2D eigenvalue weighted by Gasteiger charge is -2.45. The first kappa shape index (κ1) is 35.3. The molecule has 52 heavy (non-hydrogen) atoms. The summed E-state index contributed by atoms with van der Waals surface area (Å²) in [6.07, 6.45) is 2.76. The molecule has 4 fully saturated rings. The van der Waals surface area contributed by atoms with Gasteiger partial charge in [0.15, 0.2) is 0 Å². The van der Waals surface area contributed by atoms with Crippen molar-refractivity contribution in [1.29, 1.82) is 0 Å². The maximum Gasteiger partial charge on any atom is 0.340 e. The van der Waals surface area contributed by atoms with E-state index in [-0.39, 0.29) is 71.5 Å². The molecule has 4 aliphatic rings. The molecule has 1 aliphatic carbocycles. The first-order chi connectivity index (χ1) is 25.1. The van der Waals surface area contributed by atoms with Crippen molar-refractivity contribution in [3.63, 3.8) is 0 Å². The number of rotatable bonds is 11. The number of aryl methyl sites for hydroxylation is 1. The molecule has 3 aromatic carbocycles. The summed E-state index contributed by atoms with van der Waals surface area (Å²) in [5.74, 6) is -3.77. The van der Waals surface area contributed by atoms with Gasteiger partial charge in [-0.2, -0.15) is 0 Å². The van der Waals surface area contributed by atoms with Crippen molar-refractivity contribution < 1.29 is 38.2 Å². The maximum absolute atomic E-state index is 14.0. The predicted octanol–water partition coefficient (Wildman–Crippen LogP) is 5.21. The highest BCUT2D eigenvalue weighted by Crippen LogP contribution is 2.49. The van der Waals surface area contributed by atoms with Crippen LogP contribution in [0.1, 0.15) is 72.2 Å². The number of fused-ring (bicyclic) bond motifs is 2. The summed E-state index contributed by atoms with van der Waals surface area (Å²) >= 11 is 0. The zero-order valence-corrected chi connectivity index (χ0v) is 29.5. The Hall–Kier alpha value is -5.16. The SMILES string of the molecule is CC1CC(=O)N(c2ccccc2C(=O)OCC23CCC(CN(CCCc4ccccc4)C2)C3OC(=O)c2ccccc2N2C(=O)CC(C)C2=O)C1=O. The van der Waals surface area contributed by atoms with Crippen LogP contribution in [0.5, 0.6) is 0 Å². The molecular formula is C41H43N3O8. The standard InChI is InChI=1S/C41H43N3O8/c1-26-21-34(45)43(37(26)47)32-16-8-6-14-30(32)39(49)51-25-41-19-18-29(23-42(24-41)20-10-13-28-11-4-3-5-12-28)36(41)52-40(50)31-15-7-9-17-33(31)44-35(46)22-27(2)38(44)48/h3-9,11-12,14-17,26-27,29,36H,10,13,18-25H2,1-2H3.